The third-order valence-electron chi connectivity index (χ3n) is 3.85. The molecule has 0 aliphatic heterocycles. The largest absolute Gasteiger partial charge is 0.494 e. The summed E-state index contributed by atoms with van der Waals surface area (Å²) < 4.78 is 15.2. The molecule has 0 spiro atoms. The lowest BCUT2D eigenvalue weighted by Crippen LogP contribution is -2.21. The van der Waals surface area contributed by atoms with Gasteiger partial charge in [-0.15, -0.1) is 10.2 Å². The maximum atomic E-state index is 14.3. The molecule has 0 bridgehead atoms. The van der Waals surface area contributed by atoms with Gasteiger partial charge in [0.1, 0.15) is 11.3 Å². The summed E-state index contributed by atoms with van der Waals surface area (Å²) in [7, 11) is 0. The first kappa shape index (κ1) is 16.1. The predicted octanol–water partition coefficient (Wildman–Crippen LogP) is 3.44. The number of halogens is 1. The number of hydrogen-bond donors (Lipinski definition) is 1. The van der Waals surface area contributed by atoms with Crippen molar-refractivity contribution < 1.29 is 9.50 Å². The predicted molar refractivity (Wildman–Crippen MR) is 98.3 cm³/mol. The molecule has 4 rings (SSSR count). The van der Waals surface area contributed by atoms with Crippen molar-refractivity contribution in [1.29, 1.82) is 0 Å². The SMILES string of the molecule is O=c1c2ccccc2c(/C=N/c2nncs2)c(O)n1-c1ccccc1F. The molecule has 26 heavy (non-hydrogen) atoms. The highest BCUT2D eigenvalue weighted by molar-refractivity contribution is 7.13. The van der Waals surface area contributed by atoms with Crippen molar-refractivity contribution >= 4 is 33.5 Å². The lowest BCUT2D eigenvalue weighted by molar-refractivity contribution is 0.433. The highest BCUT2D eigenvalue weighted by Gasteiger charge is 2.18. The number of nitrogens with zero attached hydrogens (tertiary/aromatic N) is 4. The molecule has 4 aromatic rings. The standard InChI is InChI=1S/C18H11FN4O2S/c19-14-7-3-4-8-15(14)23-16(24)12-6-2-1-5-11(12)13(17(23)25)9-20-18-22-21-10-26-18/h1-10,25H/b20-9+. The first-order valence-electron chi connectivity index (χ1n) is 7.58. The Balaban J connectivity index is 2.05. The van der Waals surface area contributed by atoms with Crippen molar-refractivity contribution in [1.82, 2.24) is 14.8 Å². The van der Waals surface area contributed by atoms with Crippen molar-refractivity contribution in [2.75, 3.05) is 0 Å². The number of benzene rings is 2. The number of para-hydroxylation sites is 1. The molecule has 128 valence electrons. The van der Waals surface area contributed by atoms with Crippen LogP contribution in [0.5, 0.6) is 5.88 Å². The van der Waals surface area contributed by atoms with Crippen LogP contribution in [0.1, 0.15) is 5.56 Å². The van der Waals surface area contributed by atoms with Gasteiger partial charge in [-0.3, -0.25) is 4.79 Å². The molecule has 2 aromatic heterocycles. The third-order valence-corrected chi connectivity index (χ3v) is 4.45. The Labute approximate surface area is 150 Å². The zero-order chi connectivity index (χ0) is 18.1. The Bertz CT molecular complexity index is 1190. The Morgan fingerprint density at radius 3 is 2.58 bits per heavy atom. The Hall–Kier alpha value is -3.39. The van der Waals surface area contributed by atoms with Gasteiger partial charge >= 0.3 is 0 Å². The van der Waals surface area contributed by atoms with E-state index in [9.17, 15) is 14.3 Å². The second-order valence-corrected chi connectivity index (χ2v) is 6.17. The summed E-state index contributed by atoms with van der Waals surface area (Å²) in [5.74, 6) is -1.01. The summed E-state index contributed by atoms with van der Waals surface area (Å²) in [6.45, 7) is 0. The van der Waals surface area contributed by atoms with E-state index < -0.39 is 17.3 Å². The van der Waals surface area contributed by atoms with Crippen LogP contribution in [0.2, 0.25) is 0 Å². The molecule has 8 heteroatoms. The Morgan fingerprint density at radius 1 is 1.12 bits per heavy atom. The van der Waals surface area contributed by atoms with E-state index in [1.54, 1.807) is 30.3 Å². The van der Waals surface area contributed by atoms with Gasteiger partial charge in [0.05, 0.1) is 11.3 Å². The second kappa shape index (κ2) is 6.49. The molecular weight excluding hydrogens is 355 g/mol. The first-order chi connectivity index (χ1) is 12.7. The van der Waals surface area contributed by atoms with Crippen LogP contribution in [-0.4, -0.2) is 26.1 Å². The molecule has 0 unspecified atom stereocenters. The first-order valence-corrected chi connectivity index (χ1v) is 8.46. The molecule has 0 saturated heterocycles. The van der Waals surface area contributed by atoms with E-state index in [-0.39, 0.29) is 5.69 Å². The minimum Gasteiger partial charge on any atom is -0.494 e. The summed E-state index contributed by atoms with van der Waals surface area (Å²) in [5.41, 5.74) is 1.27. The zero-order valence-electron chi connectivity index (χ0n) is 13.2. The fourth-order valence-corrected chi connectivity index (χ4v) is 3.09. The third kappa shape index (κ3) is 2.66. The second-order valence-electron chi connectivity index (χ2n) is 5.35. The van der Waals surface area contributed by atoms with Gasteiger partial charge in [0.15, 0.2) is 0 Å². The van der Waals surface area contributed by atoms with E-state index in [2.05, 4.69) is 15.2 Å². The quantitative estimate of drug-likeness (QED) is 0.563. The van der Waals surface area contributed by atoms with E-state index in [0.717, 1.165) is 4.57 Å². The fourth-order valence-electron chi connectivity index (χ4n) is 2.69. The molecule has 0 fully saturated rings. The summed E-state index contributed by atoms with van der Waals surface area (Å²) in [5, 5.41) is 19.5. The average molecular weight is 366 g/mol. The number of aliphatic imine (C=N–C) groups is 1. The van der Waals surface area contributed by atoms with Gasteiger partial charge < -0.3 is 5.11 Å². The normalized spacial score (nSPS) is 11.4. The van der Waals surface area contributed by atoms with Crippen molar-refractivity contribution in [2.45, 2.75) is 0 Å². The number of hydrogen-bond acceptors (Lipinski definition) is 6. The van der Waals surface area contributed by atoms with E-state index in [1.165, 1.54) is 41.3 Å². The summed E-state index contributed by atoms with van der Waals surface area (Å²) in [6.07, 6.45) is 1.40. The monoisotopic (exact) mass is 366 g/mol. The topological polar surface area (TPSA) is 80.4 Å². The molecule has 0 atom stereocenters. The molecule has 6 nitrogen and oxygen atoms in total. The van der Waals surface area contributed by atoms with Crippen molar-refractivity contribution in [2.24, 2.45) is 4.99 Å². The van der Waals surface area contributed by atoms with Gasteiger partial charge in [-0.05, 0) is 18.2 Å². The number of aromatic nitrogens is 3. The lowest BCUT2D eigenvalue weighted by Gasteiger charge is -2.14. The molecule has 0 aliphatic carbocycles. The maximum Gasteiger partial charge on any atom is 0.265 e. The van der Waals surface area contributed by atoms with Crippen LogP contribution in [0.15, 0.2) is 63.8 Å². The van der Waals surface area contributed by atoms with E-state index in [4.69, 9.17) is 0 Å². The molecule has 0 amide bonds. The molecule has 2 heterocycles. The number of fused-ring (bicyclic) bond motifs is 1. The molecule has 0 aliphatic rings. The van der Waals surface area contributed by atoms with Gasteiger partial charge in [-0.25, -0.2) is 13.9 Å². The molecule has 0 radical (unpaired) electrons. The van der Waals surface area contributed by atoms with Crippen LogP contribution < -0.4 is 5.56 Å². The average Bonchev–Trinajstić information content (AvgIpc) is 3.17. The van der Waals surface area contributed by atoms with E-state index in [0.29, 0.717) is 21.5 Å². The van der Waals surface area contributed by atoms with Gasteiger partial charge in [0, 0.05) is 17.0 Å². The highest BCUT2D eigenvalue weighted by atomic mass is 32.1. The number of aromatic hydroxyl groups is 1. The summed E-state index contributed by atoms with van der Waals surface area (Å²) in [6, 6.07) is 12.5. The Kier molecular flexibility index (Phi) is 4.02. The van der Waals surface area contributed by atoms with E-state index >= 15 is 0 Å². The molecular formula is C18H11FN4O2S. The van der Waals surface area contributed by atoms with Gasteiger partial charge in [-0.2, -0.15) is 0 Å². The molecule has 1 N–H and O–H groups in total. The number of rotatable bonds is 3. The smallest absolute Gasteiger partial charge is 0.265 e. The van der Waals surface area contributed by atoms with Crippen molar-refractivity contribution in [3.8, 4) is 11.6 Å². The summed E-state index contributed by atoms with van der Waals surface area (Å²) >= 11 is 1.23. The minimum atomic E-state index is -0.618. The number of pyridine rings is 1. The summed E-state index contributed by atoms with van der Waals surface area (Å²) in [4.78, 5) is 17.0. The fraction of sp³-hybridized carbons (Fsp3) is 0. The van der Waals surface area contributed by atoms with Crippen LogP contribution in [-0.2, 0) is 0 Å². The van der Waals surface area contributed by atoms with Crippen molar-refractivity contribution in [3.63, 3.8) is 0 Å². The maximum absolute atomic E-state index is 14.3. The van der Waals surface area contributed by atoms with Crippen LogP contribution in [0, 0.1) is 5.82 Å². The zero-order valence-corrected chi connectivity index (χ0v) is 14.0. The van der Waals surface area contributed by atoms with Gasteiger partial charge in [-0.1, -0.05) is 41.7 Å². The lowest BCUT2D eigenvalue weighted by atomic mass is 10.1. The van der Waals surface area contributed by atoms with E-state index in [1.807, 2.05) is 0 Å². The Morgan fingerprint density at radius 2 is 1.85 bits per heavy atom. The van der Waals surface area contributed by atoms with Gasteiger partial charge in [0.2, 0.25) is 11.0 Å². The van der Waals surface area contributed by atoms with Crippen LogP contribution >= 0.6 is 11.3 Å². The molecule has 0 saturated carbocycles. The highest BCUT2D eigenvalue weighted by Crippen LogP contribution is 2.27. The van der Waals surface area contributed by atoms with Crippen molar-refractivity contribution in [3.05, 3.63) is 75.8 Å². The van der Waals surface area contributed by atoms with Gasteiger partial charge in [0.25, 0.3) is 5.56 Å². The van der Waals surface area contributed by atoms with Crippen LogP contribution in [0.4, 0.5) is 9.52 Å². The van der Waals surface area contributed by atoms with Crippen LogP contribution in [0.3, 0.4) is 0 Å². The molecule has 2 aromatic carbocycles. The minimum absolute atomic E-state index is 0.0358. The van der Waals surface area contributed by atoms with Crippen LogP contribution in [0.25, 0.3) is 16.5 Å².